The van der Waals surface area contributed by atoms with E-state index in [0.29, 0.717) is 12.5 Å². The normalized spacial score (nSPS) is 23.9. The topological polar surface area (TPSA) is 89.2 Å². The van der Waals surface area contributed by atoms with Gasteiger partial charge in [-0.1, -0.05) is 0 Å². The first-order valence-corrected chi connectivity index (χ1v) is 5.27. The second-order valence-electron chi connectivity index (χ2n) is 4.33. The van der Waals surface area contributed by atoms with E-state index in [0.717, 1.165) is 12.8 Å². The van der Waals surface area contributed by atoms with Gasteiger partial charge in [0.15, 0.2) is 0 Å². The molecule has 1 fully saturated rings. The van der Waals surface area contributed by atoms with Gasteiger partial charge in [-0.3, -0.25) is 4.79 Å². The molecule has 1 saturated carbocycles. The number of carbonyl (C=O) groups excluding carboxylic acids is 1. The van der Waals surface area contributed by atoms with E-state index in [9.17, 15) is 9.59 Å². The summed E-state index contributed by atoms with van der Waals surface area (Å²) in [5, 5.41) is 9.13. The van der Waals surface area contributed by atoms with Gasteiger partial charge in [-0.2, -0.15) is 0 Å². The summed E-state index contributed by atoms with van der Waals surface area (Å²) < 4.78 is 0. The van der Waals surface area contributed by atoms with Crippen molar-refractivity contribution in [2.45, 2.75) is 18.9 Å². The zero-order chi connectivity index (χ0) is 11.7. The van der Waals surface area contributed by atoms with Crippen LogP contribution in [0.5, 0.6) is 0 Å². The average Bonchev–Trinajstić information content (AvgIpc) is 2.61. The van der Waals surface area contributed by atoms with E-state index in [1.54, 1.807) is 11.9 Å². The SMILES string of the molecule is CN(CC1CC(O)C1)C(=O)c1c[nH]c(=O)[nH]1. The van der Waals surface area contributed by atoms with Gasteiger partial charge in [0.05, 0.1) is 6.10 Å². The quantitative estimate of drug-likeness (QED) is 0.650. The van der Waals surface area contributed by atoms with Gasteiger partial charge in [-0.15, -0.1) is 0 Å². The number of aromatic amines is 2. The van der Waals surface area contributed by atoms with Crippen LogP contribution in [0.1, 0.15) is 23.3 Å². The number of rotatable bonds is 3. The third kappa shape index (κ3) is 2.16. The summed E-state index contributed by atoms with van der Waals surface area (Å²) in [6.45, 7) is 0.614. The first-order chi connectivity index (χ1) is 7.56. The lowest BCUT2D eigenvalue weighted by Gasteiger charge is -2.34. The van der Waals surface area contributed by atoms with Gasteiger partial charge in [0.2, 0.25) is 0 Å². The van der Waals surface area contributed by atoms with Gasteiger partial charge in [0.1, 0.15) is 5.69 Å². The summed E-state index contributed by atoms with van der Waals surface area (Å²) in [4.78, 5) is 29.0. The minimum atomic E-state index is -0.379. The third-order valence-corrected chi connectivity index (χ3v) is 2.92. The van der Waals surface area contributed by atoms with Crippen LogP contribution >= 0.6 is 0 Å². The van der Waals surface area contributed by atoms with Crippen LogP contribution in [-0.4, -0.2) is 45.6 Å². The monoisotopic (exact) mass is 225 g/mol. The molecule has 1 heterocycles. The smallest absolute Gasteiger partial charge is 0.323 e. The fourth-order valence-electron chi connectivity index (χ4n) is 1.97. The highest BCUT2D eigenvalue weighted by Gasteiger charge is 2.29. The van der Waals surface area contributed by atoms with Crippen LogP contribution < -0.4 is 5.69 Å². The van der Waals surface area contributed by atoms with Crippen LogP contribution in [0.4, 0.5) is 0 Å². The van der Waals surface area contributed by atoms with E-state index in [1.165, 1.54) is 6.20 Å². The van der Waals surface area contributed by atoms with Crippen molar-refractivity contribution >= 4 is 5.91 Å². The number of H-pyrrole nitrogens is 2. The summed E-state index contributed by atoms with van der Waals surface area (Å²) in [6, 6.07) is 0. The first-order valence-electron chi connectivity index (χ1n) is 5.27. The number of imidazole rings is 1. The lowest BCUT2D eigenvalue weighted by atomic mass is 9.82. The Morgan fingerprint density at radius 3 is 2.81 bits per heavy atom. The summed E-state index contributed by atoms with van der Waals surface area (Å²) in [7, 11) is 1.69. The lowest BCUT2D eigenvalue weighted by molar-refractivity contribution is 0.0264. The Kier molecular flexibility index (Phi) is 2.82. The molecule has 1 aromatic rings. The Balaban J connectivity index is 1.92. The Morgan fingerprint density at radius 2 is 2.31 bits per heavy atom. The summed E-state index contributed by atoms with van der Waals surface area (Å²) >= 11 is 0. The van der Waals surface area contributed by atoms with Gasteiger partial charge in [-0.05, 0) is 18.8 Å². The minimum absolute atomic E-state index is 0.208. The highest BCUT2D eigenvalue weighted by atomic mass is 16.3. The molecule has 6 heteroatoms. The van der Waals surface area contributed by atoms with E-state index < -0.39 is 0 Å². The molecule has 88 valence electrons. The zero-order valence-electron chi connectivity index (χ0n) is 9.06. The molecule has 1 aliphatic rings. The molecule has 0 bridgehead atoms. The predicted octanol–water partition coefficient (Wildman–Crippen LogP) is -0.454. The van der Waals surface area contributed by atoms with Gasteiger partial charge in [-0.25, -0.2) is 4.79 Å². The Labute approximate surface area is 92.3 Å². The van der Waals surface area contributed by atoms with Crippen LogP contribution in [0.3, 0.4) is 0 Å². The Morgan fingerprint density at radius 1 is 1.62 bits per heavy atom. The van der Waals surface area contributed by atoms with Gasteiger partial charge >= 0.3 is 5.69 Å². The largest absolute Gasteiger partial charge is 0.393 e. The van der Waals surface area contributed by atoms with Gasteiger partial charge in [0, 0.05) is 19.8 Å². The fraction of sp³-hybridized carbons (Fsp3) is 0.600. The molecule has 0 aromatic carbocycles. The Hall–Kier alpha value is -1.56. The molecule has 0 unspecified atom stereocenters. The highest BCUT2D eigenvalue weighted by molar-refractivity contribution is 5.91. The maximum absolute atomic E-state index is 11.8. The molecular formula is C10H15N3O3. The van der Waals surface area contributed by atoms with Crippen LogP contribution in [0.15, 0.2) is 11.0 Å². The van der Waals surface area contributed by atoms with Gasteiger partial charge in [0.25, 0.3) is 5.91 Å². The van der Waals surface area contributed by atoms with Gasteiger partial charge < -0.3 is 20.0 Å². The molecule has 1 aromatic heterocycles. The van der Waals surface area contributed by atoms with Crippen molar-refractivity contribution in [2.75, 3.05) is 13.6 Å². The maximum Gasteiger partial charge on any atom is 0.323 e. The number of nitrogens with one attached hydrogen (secondary N) is 2. The molecule has 2 rings (SSSR count). The number of amides is 1. The number of hydrogen-bond donors (Lipinski definition) is 3. The molecule has 1 amide bonds. The second-order valence-corrected chi connectivity index (χ2v) is 4.33. The molecule has 6 nitrogen and oxygen atoms in total. The number of aliphatic hydroxyl groups excluding tert-OH is 1. The zero-order valence-corrected chi connectivity index (χ0v) is 9.06. The molecule has 0 atom stereocenters. The summed E-state index contributed by atoms with van der Waals surface area (Å²) in [6.07, 6.45) is 2.67. The molecule has 0 radical (unpaired) electrons. The van der Waals surface area contributed by atoms with Crippen molar-refractivity contribution in [2.24, 2.45) is 5.92 Å². The van der Waals surface area contributed by atoms with Crippen molar-refractivity contribution in [1.29, 1.82) is 0 Å². The second kappa shape index (κ2) is 4.13. The summed E-state index contributed by atoms with van der Waals surface area (Å²) in [5.41, 5.74) is -0.108. The van der Waals surface area contributed by atoms with Crippen LogP contribution in [0.25, 0.3) is 0 Å². The van der Waals surface area contributed by atoms with E-state index in [4.69, 9.17) is 5.11 Å². The molecule has 0 spiro atoms. The molecule has 0 saturated heterocycles. The van der Waals surface area contributed by atoms with Crippen molar-refractivity contribution in [3.63, 3.8) is 0 Å². The number of nitrogens with zero attached hydrogens (tertiary/aromatic N) is 1. The predicted molar refractivity (Wildman–Crippen MR) is 57.1 cm³/mol. The van der Waals surface area contributed by atoms with E-state index >= 15 is 0 Å². The van der Waals surface area contributed by atoms with Crippen LogP contribution in [-0.2, 0) is 0 Å². The highest BCUT2D eigenvalue weighted by Crippen LogP contribution is 2.27. The van der Waals surface area contributed by atoms with Crippen molar-refractivity contribution in [3.8, 4) is 0 Å². The van der Waals surface area contributed by atoms with Crippen molar-refractivity contribution in [3.05, 3.63) is 22.4 Å². The van der Waals surface area contributed by atoms with E-state index in [1.807, 2.05) is 0 Å². The first kappa shape index (κ1) is 10.9. The van der Waals surface area contributed by atoms with Crippen LogP contribution in [0, 0.1) is 5.92 Å². The minimum Gasteiger partial charge on any atom is -0.393 e. The average molecular weight is 225 g/mol. The summed E-state index contributed by atoms with van der Waals surface area (Å²) in [5.74, 6) is 0.161. The molecule has 0 aliphatic heterocycles. The van der Waals surface area contributed by atoms with E-state index in [2.05, 4.69) is 9.97 Å². The standard InChI is InChI=1S/C10H15N3O3/c1-13(5-6-2-7(14)3-6)9(15)8-4-11-10(16)12-8/h4,6-7,14H,2-3,5H2,1H3,(H2,11,12,16). The fourth-order valence-corrected chi connectivity index (χ4v) is 1.97. The van der Waals surface area contributed by atoms with Crippen molar-refractivity contribution < 1.29 is 9.90 Å². The third-order valence-electron chi connectivity index (χ3n) is 2.92. The molecule has 16 heavy (non-hydrogen) atoms. The van der Waals surface area contributed by atoms with Crippen molar-refractivity contribution in [1.82, 2.24) is 14.9 Å². The number of aromatic nitrogens is 2. The number of hydrogen-bond acceptors (Lipinski definition) is 3. The lowest BCUT2D eigenvalue weighted by Crippen LogP contribution is -2.39. The maximum atomic E-state index is 11.8. The number of aliphatic hydroxyl groups is 1. The number of carbonyl (C=O) groups is 1. The Bertz CT molecular complexity index is 431. The molecule has 3 N–H and O–H groups in total. The molecule has 1 aliphatic carbocycles. The van der Waals surface area contributed by atoms with E-state index in [-0.39, 0.29) is 23.4 Å². The molecular weight excluding hydrogens is 210 g/mol. The van der Waals surface area contributed by atoms with Crippen LogP contribution in [0.2, 0.25) is 0 Å².